The van der Waals surface area contributed by atoms with Crippen molar-refractivity contribution in [2.75, 3.05) is 0 Å². The van der Waals surface area contributed by atoms with E-state index in [1.54, 1.807) is 23.5 Å². The van der Waals surface area contributed by atoms with Crippen LogP contribution >= 0.6 is 11.3 Å². The highest BCUT2D eigenvalue weighted by Crippen LogP contribution is 2.28. The molecule has 2 N–H and O–H groups in total. The molecule has 0 aliphatic rings. The Hall–Kier alpha value is -1.72. The lowest BCUT2D eigenvalue weighted by molar-refractivity contribution is -0.140. The average molecular weight is 321 g/mol. The van der Waals surface area contributed by atoms with Crippen LogP contribution in [0.25, 0.3) is 10.4 Å². The molecule has 118 valence electrons. The molecule has 0 fully saturated rings. The van der Waals surface area contributed by atoms with E-state index in [0.717, 1.165) is 15.3 Å². The van der Waals surface area contributed by atoms with Gasteiger partial charge in [-0.25, -0.2) is 4.39 Å². The van der Waals surface area contributed by atoms with Gasteiger partial charge in [0.2, 0.25) is 0 Å². The third kappa shape index (κ3) is 4.64. The number of thiophene rings is 1. The molecule has 3 nitrogen and oxygen atoms in total. The molecule has 22 heavy (non-hydrogen) atoms. The minimum absolute atomic E-state index is 0.250. The van der Waals surface area contributed by atoms with Crippen molar-refractivity contribution in [1.29, 1.82) is 0 Å². The van der Waals surface area contributed by atoms with E-state index in [-0.39, 0.29) is 5.82 Å². The van der Waals surface area contributed by atoms with Crippen LogP contribution in [-0.2, 0) is 11.3 Å². The molecule has 0 aliphatic carbocycles. The smallest absolute Gasteiger partial charge is 0.320 e. The van der Waals surface area contributed by atoms with E-state index in [0.29, 0.717) is 18.9 Å². The number of benzene rings is 1. The lowest BCUT2D eigenvalue weighted by Gasteiger charge is -2.15. The van der Waals surface area contributed by atoms with Gasteiger partial charge in [-0.3, -0.25) is 10.1 Å². The summed E-state index contributed by atoms with van der Waals surface area (Å²) in [5, 5.41) is 12.3. The standard InChI is InChI=1S/C17H20FNO2S/c1-11(2)9-15(17(20)21)19-10-14-7-8-16(22-14)12-3-5-13(18)6-4-12/h3-8,11,15,19H,9-10H2,1-2H3,(H,20,21)/t15-/m1/s1. The number of carbonyl (C=O) groups is 1. The van der Waals surface area contributed by atoms with E-state index < -0.39 is 12.0 Å². The van der Waals surface area contributed by atoms with Gasteiger partial charge in [0.15, 0.2) is 0 Å². The molecule has 0 spiro atoms. The number of carboxylic acid groups (broad SMARTS) is 1. The zero-order chi connectivity index (χ0) is 16.1. The van der Waals surface area contributed by atoms with E-state index in [4.69, 9.17) is 0 Å². The molecule has 2 rings (SSSR count). The maximum absolute atomic E-state index is 12.9. The van der Waals surface area contributed by atoms with Crippen LogP contribution in [0.2, 0.25) is 0 Å². The molecule has 1 aromatic heterocycles. The minimum atomic E-state index is -0.816. The van der Waals surface area contributed by atoms with E-state index in [1.807, 2.05) is 26.0 Å². The van der Waals surface area contributed by atoms with Crippen LogP contribution in [0.5, 0.6) is 0 Å². The number of halogens is 1. The molecule has 5 heteroatoms. The van der Waals surface area contributed by atoms with E-state index in [2.05, 4.69) is 5.32 Å². The van der Waals surface area contributed by atoms with Crippen molar-refractivity contribution >= 4 is 17.3 Å². The van der Waals surface area contributed by atoms with Crippen LogP contribution in [0, 0.1) is 11.7 Å². The second-order valence-corrected chi connectivity index (χ2v) is 6.84. The van der Waals surface area contributed by atoms with Crippen molar-refractivity contribution in [3.8, 4) is 10.4 Å². The third-order valence-electron chi connectivity index (χ3n) is 3.32. The monoisotopic (exact) mass is 321 g/mol. The molecule has 0 amide bonds. The fraction of sp³-hybridized carbons (Fsp3) is 0.353. The predicted octanol–water partition coefficient (Wildman–Crippen LogP) is 4.14. The largest absolute Gasteiger partial charge is 0.480 e. The van der Waals surface area contributed by atoms with Gasteiger partial charge in [-0.05, 0) is 42.2 Å². The number of carboxylic acids is 1. The highest BCUT2D eigenvalue weighted by Gasteiger charge is 2.18. The Labute approximate surface area is 133 Å². The summed E-state index contributed by atoms with van der Waals surface area (Å²) >= 11 is 1.59. The highest BCUT2D eigenvalue weighted by atomic mass is 32.1. The van der Waals surface area contributed by atoms with Gasteiger partial charge in [-0.2, -0.15) is 0 Å². The van der Waals surface area contributed by atoms with Crippen LogP contribution in [0.4, 0.5) is 4.39 Å². The molecule has 0 bridgehead atoms. The van der Waals surface area contributed by atoms with Gasteiger partial charge in [-0.15, -0.1) is 11.3 Å². The first kappa shape index (κ1) is 16.6. The van der Waals surface area contributed by atoms with Crippen LogP contribution in [0.3, 0.4) is 0 Å². The lowest BCUT2D eigenvalue weighted by atomic mass is 10.0. The van der Waals surface area contributed by atoms with Crippen LogP contribution in [-0.4, -0.2) is 17.1 Å². The number of aliphatic carboxylic acids is 1. The fourth-order valence-corrected chi connectivity index (χ4v) is 3.17. The summed E-state index contributed by atoms with van der Waals surface area (Å²) in [6, 6.07) is 9.80. The van der Waals surface area contributed by atoms with Crippen LogP contribution < -0.4 is 5.32 Å². The molecule has 1 heterocycles. The summed E-state index contributed by atoms with van der Waals surface area (Å²) in [6.45, 7) is 4.54. The molecule has 1 atom stereocenters. The van der Waals surface area contributed by atoms with Crippen LogP contribution in [0.15, 0.2) is 36.4 Å². The molecule has 0 radical (unpaired) electrons. The summed E-state index contributed by atoms with van der Waals surface area (Å²) in [6.07, 6.45) is 0.603. The molecular weight excluding hydrogens is 301 g/mol. The SMILES string of the molecule is CC(C)C[C@@H](NCc1ccc(-c2ccc(F)cc2)s1)C(=O)O. The first-order valence-electron chi connectivity index (χ1n) is 7.26. The normalized spacial score (nSPS) is 12.5. The zero-order valence-electron chi connectivity index (χ0n) is 12.7. The average Bonchev–Trinajstić information content (AvgIpc) is 2.92. The second kappa shape index (κ2) is 7.51. The minimum Gasteiger partial charge on any atom is -0.480 e. The maximum Gasteiger partial charge on any atom is 0.320 e. The van der Waals surface area contributed by atoms with Crippen molar-refractivity contribution in [2.24, 2.45) is 5.92 Å². The number of nitrogens with one attached hydrogen (secondary N) is 1. The van der Waals surface area contributed by atoms with Crippen molar-refractivity contribution in [3.63, 3.8) is 0 Å². The number of hydrogen-bond donors (Lipinski definition) is 2. The summed E-state index contributed by atoms with van der Waals surface area (Å²) in [7, 11) is 0. The van der Waals surface area contributed by atoms with E-state index in [1.165, 1.54) is 12.1 Å². The predicted molar refractivity (Wildman–Crippen MR) is 87.4 cm³/mol. The zero-order valence-corrected chi connectivity index (χ0v) is 13.5. The molecule has 2 aromatic rings. The first-order chi connectivity index (χ1) is 10.5. The van der Waals surface area contributed by atoms with Gasteiger partial charge in [0.05, 0.1) is 0 Å². The Morgan fingerprint density at radius 2 is 1.91 bits per heavy atom. The Balaban J connectivity index is 1.99. The van der Waals surface area contributed by atoms with Gasteiger partial charge in [0, 0.05) is 16.3 Å². The summed E-state index contributed by atoms with van der Waals surface area (Å²) in [5.41, 5.74) is 0.967. The van der Waals surface area contributed by atoms with Crippen LogP contribution in [0.1, 0.15) is 25.1 Å². The Kier molecular flexibility index (Phi) is 5.69. The molecule has 1 aromatic carbocycles. The summed E-state index contributed by atoms with van der Waals surface area (Å²) in [5.74, 6) is -0.740. The molecule has 0 saturated carbocycles. The summed E-state index contributed by atoms with van der Waals surface area (Å²) < 4.78 is 12.9. The molecule has 0 unspecified atom stereocenters. The lowest BCUT2D eigenvalue weighted by Crippen LogP contribution is -2.37. The summed E-state index contributed by atoms with van der Waals surface area (Å²) in [4.78, 5) is 13.3. The van der Waals surface area contributed by atoms with Gasteiger partial charge in [0.1, 0.15) is 11.9 Å². The Morgan fingerprint density at radius 3 is 2.50 bits per heavy atom. The van der Waals surface area contributed by atoms with Gasteiger partial charge >= 0.3 is 5.97 Å². The maximum atomic E-state index is 12.9. The van der Waals surface area contributed by atoms with Crippen molar-refractivity contribution in [2.45, 2.75) is 32.9 Å². The second-order valence-electron chi connectivity index (χ2n) is 5.67. The van der Waals surface area contributed by atoms with Crippen molar-refractivity contribution in [1.82, 2.24) is 5.32 Å². The molecule has 0 saturated heterocycles. The Bertz CT molecular complexity index is 622. The molecular formula is C17H20FNO2S. The first-order valence-corrected chi connectivity index (χ1v) is 8.08. The third-order valence-corrected chi connectivity index (χ3v) is 4.45. The quantitative estimate of drug-likeness (QED) is 0.805. The topological polar surface area (TPSA) is 49.3 Å². The van der Waals surface area contributed by atoms with E-state index in [9.17, 15) is 14.3 Å². The fourth-order valence-electron chi connectivity index (χ4n) is 2.21. The van der Waals surface area contributed by atoms with E-state index >= 15 is 0 Å². The molecule has 0 aliphatic heterocycles. The van der Waals surface area contributed by atoms with Crippen molar-refractivity contribution in [3.05, 3.63) is 47.1 Å². The van der Waals surface area contributed by atoms with Crippen molar-refractivity contribution < 1.29 is 14.3 Å². The number of hydrogen-bond acceptors (Lipinski definition) is 3. The van der Waals surface area contributed by atoms with Gasteiger partial charge in [0.25, 0.3) is 0 Å². The Morgan fingerprint density at radius 1 is 1.23 bits per heavy atom. The van der Waals surface area contributed by atoms with Gasteiger partial charge in [-0.1, -0.05) is 26.0 Å². The highest BCUT2D eigenvalue weighted by molar-refractivity contribution is 7.15. The van der Waals surface area contributed by atoms with Gasteiger partial charge < -0.3 is 5.11 Å². The number of rotatable bonds is 7.